The maximum Gasteiger partial charge on any atom is 0.262 e. The third kappa shape index (κ3) is 4.11. The molecule has 0 radical (unpaired) electrons. The van der Waals surface area contributed by atoms with Crippen molar-refractivity contribution in [3.63, 3.8) is 0 Å². The lowest BCUT2D eigenvalue weighted by atomic mass is 10.1. The highest BCUT2D eigenvalue weighted by Crippen LogP contribution is 2.33. The monoisotopic (exact) mass is 367 g/mol. The lowest BCUT2D eigenvalue weighted by Crippen LogP contribution is -2.52. The molecule has 2 amide bonds. The van der Waals surface area contributed by atoms with E-state index in [9.17, 15) is 9.59 Å². The molecule has 1 aliphatic rings. The SMILES string of the molecule is CNC(=O)[C@@H]1CN(C(=O)CN(C)[C@@H](C)c2ccccc2)c2ccccc2O1. The van der Waals surface area contributed by atoms with Gasteiger partial charge in [0.05, 0.1) is 18.8 Å². The summed E-state index contributed by atoms with van der Waals surface area (Å²) in [6.07, 6.45) is -0.717. The van der Waals surface area contributed by atoms with Gasteiger partial charge in [-0.1, -0.05) is 42.5 Å². The number of carbonyl (C=O) groups excluding carboxylic acids is 2. The van der Waals surface area contributed by atoms with Gasteiger partial charge in [0, 0.05) is 13.1 Å². The normalized spacial score (nSPS) is 17.0. The summed E-state index contributed by atoms with van der Waals surface area (Å²) in [6, 6.07) is 17.5. The first kappa shape index (κ1) is 18.9. The summed E-state index contributed by atoms with van der Waals surface area (Å²) >= 11 is 0. The van der Waals surface area contributed by atoms with Crippen molar-refractivity contribution in [3.05, 3.63) is 60.2 Å². The number of anilines is 1. The number of ether oxygens (including phenoxy) is 1. The number of fused-ring (bicyclic) bond motifs is 1. The minimum atomic E-state index is -0.717. The summed E-state index contributed by atoms with van der Waals surface area (Å²) in [5, 5.41) is 2.59. The molecule has 142 valence electrons. The van der Waals surface area contributed by atoms with E-state index in [4.69, 9.17) is 4.74 Å². The second kappa shape index (κ2) is 8.22. The van der Waals surface area contributed by atoms with Gasteiger partial charge in [0.1, 0.15) is 5.75 Å². The van der Waals surface area contributed by atoms with Crippen LogP contribution in [0.25, 0.3) is 0 Å². The number of likely N-dealkylation sites (N-methyl/N-ethyl adjacent to an activating group) is 2. The minimum absolute atomic E-state index is 0.0649. The van der Waals surface area contributed by atoms with Crippen LogP contribution in [0.2, 0.25) is 0 Å². The molecule has 0 spiro atoms. The molecule has 0 aliphatic carbocycles. The van der Waals surface area contributed by atoms with Gasteiger partial charge in [-0.05, 0) is 31.7 Å². The van der Waals surface area contributed by atoms with Gasteiger partial charge >= 0.3 is 0 Å². The van der Waals surface area contributed by atoms with Crippen molar-refractivity contribution in [2.75, 3.05) is 32.1 Å². The smallest absolute Gasteiger partial charge is 0.262 e. The Balaban J connectivity index is 1.77. The third-order valence-corrected chi connectivity index (χ3v) is 4.94. The minimum Gasteiger partial charge on any atom is -0.477 e. The van der Waals surface area contributed by atoms with E-state index in [-0.39, 0.29) is 30.9 Å². The number of amides is 2. The highest BCUT2D eigenvalue weighted by molar-refractivity contribution is 5.98. The molecule has 1 aliphatic heterocycles. The van der Waals surface area contributed by atoms with Crippen LogP contribution < -0.4 is 15.0 Å². The highest BCUT2D eigenvalue weighted by atomic mass is 16.5. The topological polar surface area (TPSA) is 61.9 Å². The van der Waals surface area contributed by atoms with E-state index in [1.165, 1.54) is 0 Å². The Morgan fingerprint density at radius 2 is 1.85 bits per heavy atom. The van der Waals surface area contributed by atoms with Gasteiger partial charge in [0.25, 0.3) is 5.91 Å². The number of rotatable bonds is 5. The number of hydrogen-bond acceptors (Lipinski definition) is 4. The molecule has 0 fully saturated rings. The largest absolute Gasteiger partial charge is 0.477 e. The van der Waals surface area contributed by atoms with E-state index in [0.717, 1.165) is 5.56 Å². The molecular weight excluding hydrogens is 342 g/mol. The molecule has 0 bridgehead atoms. The molecule has 6 heteroatoms. The van der Waals surface area contributed by atoms with Crippen LogP contribution in [0.1, 0.15) is 18.5 Å². The van der Waals surface area contributed by atoms with Crippen LogP contribution in [0, 0.1) is 0 Å². The first-order valence-corrected chi connectivity index (χ1v) is 9.04. The van der Waals surface area contributed by atoms with Gasteiger partial charge in [0.2, 0.25) is 5.91 Å². The lowest BCUT2D eigenvalue weighted by Gasteiger charge is -2.35. The lowest BCUT2D eigenvalue weighted by molar-refractivity contribution is -0.128. The molecule has 1 heterocycles. The van der Waals surface area contributed by atoms with Gasteiger partial charge in [-0.2, -0.15) is 0 Å². The standard InChI is InChI=1S/C21H25N3O3/c1-15(16-9-5-4-6-10-16)23(3)14-20(25)24-13-19(21(26)22-2)27-18-12-8-7-11-17(18)24/h4-12,15,19H,13-14H2,1-3H3,(H,22,26)/t15-,19-/m0/s1. The van der Waals surface area contributed by atoms with Crippen molar-refractivity contribution in [2.24, 2.45) is 0 Å². The van der Waals surface area contributed by atoms with Crippen LogP contribution in [-0.2, 0) is 9.59 Å². The van der Waals surface area contributed by atoms with Crippen LogP contribution >= 0.6 is 0 Å². The summed E-state index contributed by atoms with van der Waals surface area (Å²) in [6.45, 7) is 2.51. The summed E-state index contributed by atoms with van der Waals surface area (Å²) in [7, 11) is 3.49. The Hall–Kier alpha value is -2.86. The number of carbonyl (C=O) groups is 2. The molecule has 1 N–H and O–H groups in total. The Morgan fingerprint density at radius 3 is 2.56 bits per heavy atom. The Morgan fingerprint density at radius 1 is 1.19 bits per heavy atom. The van der Waals surface area contributed by atoms with E-state index >= 15 is 0 Å². The number of para-hydroxylation sites is 2. The molecule has 2 aromatic carbocycles. The average molecular weight is 367 g/mol. The number of nitrogens with zero attached hydrogens (tertiary/aromatic N) is 2. The highest BCUT2D eigenvalue weighted by Gasteiger charge is 2.33. The molecule has 6 nitrogen and oxygen atoms in total. The molecule has 3 rings (SSSR count). The van der Waals surface area contributed by atoms with Crippen molar-refractivity contribution in [1.29, 1.82) is 0 Å². The van der Waals surface area contributed by atoms with Crippen LogP contribution in [0.4, 0.5) is 5.69 Å². The molecule has 0 aromatic heterocycles. The van der Waals surface area contributed by atoms with Crippen molar-refractivity contribution < 1.29 is 14.3 Å². The Labute approximate surface area is 159 Å². The number of nitrogens with one attached hydrogen (secondary N) is 1. The zero-order valence-electron chi connectivity index (χ0n) is 15.9. The van der Waals surface area contributed by atoms with Crippen LogP contribution in [-0.4, -0.2) is 50.0 Å². The maximum absolute atomic E-state index is 13.1. The quantitative estimate of drug-likeness (QED) is 0.880. The van der Waals surface area contributed by atoms with Gasteiger partial charge in [-0.25, -0.2) is 0 Å². The second-order valence-electron chi connectivity index (χ2n) is 6.69. The fraction of sp³-hybridized carbons (Fsp3) is 0.333. The summed E-state index contributed by atoms with van der Waals surface area (Å²) in [5.74, 6) is 0.239. The van der Waals surface area contributed by atoms with Gasteiger partial charge in [0.15, 0.2) is 6.10 Å². The molecule has 0 unspecified atom stereocenters. The number of hydrogen-bond donors (Lipinski definition) is 1. The van der Waals surface area contributed by atoms with Crippen LogP contribution in [0.5, 0.6) is 5.75 Å². The first-order chi connectivity index (χ1) is 13.0. The van der Waals surface area contributed by atoms with E-state index in [0.29, 0.717) is 11.4 Å². The van der Waals surface area contributed by atoms with Gasteiger partial charge < -0.3 is 15.0 Å². The first-order valence-electron chi connectivity index (χ1n) is 9.04. The molecule has 0 saturated carbocycles. The molecule has 2 aromatic rings. The van der Waals surface area contributed by atoms with Crippen molar-refractivity contribution in [3.8, 4) is 5.75 Å². The molecule has 2 atom stereocenters. The zero-order chi connectivity index (χ0) is 19.4. The zero-order valence-corrected chi connectivity index (χ0v) is 15.9. The van der Waals surface area contributed by atoms with Gasteiger partial charge in [-0.3, -0.25) is 14.5 Å². The van der Waals surface area contributed by atoms with Crippen molar-refractivity contribution in [2.45, 2.75) is 19.1 Å². The fourth-order valence-electron chi connectivity index (χ4n) is 3.19. The van der Waals surface area contributed by atoms with Gasteiger partial charge in [-0.15, -0.1) is 0 Å². The molecular formula is C21H25N3O3. The fourth-order valence-corrected chi connectivity index (χ4v) is 3.19. The maximum atomic E-state index is 13.1. The summed E-state index contributed by atoms with van der Waals surface area (Å²) in [4.78, 5) is 28.8. The summed E-state index contributed by atoms with van der Waals surface area (Å²) in [5.41, 5.74) is 1.85. The van der Waals surface area contributed by atoms with Crippen LogP contribution in [0.3, 0.4) is 0 Å². The van der Waals surface area contributed by atoms with Crippen molar-refractivity contribution >= 4 is 17.5 Å². The Kier molecular flexibility index (Phi) is 5.76. The average Bonchev–Trinajstić information content (AvgIpc) is 2.72. The third-order valence-electron chi connectivity index (χ3n) is 4.94. The molecule has 0 saturated heterocycles. The van der Waals surface area contributed by atoms with E-state index in [1.54, 1.807) is 18.0 Å². The van der Waals surface area contributed by atoms with E-state index in [2.05, 4.69) is 24.4 Å². The van der Waals surface area contributed by atoms with E-state index < -0.39 is 6.10 Å². The predicted molar refractivity (Wildman–Crippen MR) is 105 cm³/mol. The van der Waals surface area contributed by atoms with E-state index in [1.807, 2.05) is 48.3 Å². The second-order valence-corrected chi connectivity index (χ2v) is 6.69. The molecule has 27 heavy (non-hydrogen) atoms. The Bertz CT molecular complexity index is 809. The summed E-state index contributed by atoms with van der Waals surface area (Å²) < 4.78 is 5.77. The predicted octanol–water partition coefficient (Wildman–Crippen LogP) is 2.22. The number of benzene rings is 2. The van der Waals surface area contributed by atoms with Crippen molar-refractivity contribution in [1.82, 2.24) is 10.2 Å². The van der Waals surface area contributed by atoms with Crippen LogP contribution in [0.15, 0.2) is 54.6 Å².